The molecule has 0 saturated carbocycles. The summed E-state index contributed by atoms with van der Waals surface area (Å²) in [6.45, 7) is 2.07. The molecule has 0 aliphatic heterocycles. The molecule has 82 valence electrons. The lowest BCUT2D eigenvalue weighted by Gasteiger charge is -2.06. The number of nitrogen functional groups attached to an aromatic ring is 1. The minimum Gasteiger partial charge on any atom is -0.469 e. The highest BCUT2D eigenvalue weighted by atomic mass is 16.5. The van der Waals surface area contributed by atoms with Crippen molar-refractivity contribution in [2.75, 3.05) is 12.8 Å². The second kappa shape index (κ2) is 5.39. The minimum absolute atomic E-state index is 0.176. The number of ether oxygens (including phenoxy) is 1. The molecule has 1 aromatic rings. The van der Waals surface area contributed by atoms with Crippen LogP contribution in [0, 0.1) is 0 Å². The van der Waals surface area contributed by atoms with E-state index >= 15 is 0 Å². The molecule has 2 N–H and O–H groups in total. The van der Waals surface area contributed by atoms with Gasteiger partial charge in [0.2, 0.25) is 0 Å². The van der Waals surface area contributed by atoms with Gasteiger partial charge in [0.25, 0.3) is 0 Å². The van der Waals surface area contributed by atoms with Gasteiger partial charge < -0.3 is 10.5 Å². The van der Waals surface area contributed by atoms with Gasteiger partial charge in [-0.15, -0.1) is 0 Å². The zero-order chi connectivity index (χ0) is 11.3. The number of rotatable bonds is 4. The number of methoxy groups -OCH3 is 1. The summed E-state index contributed by atoms with van der Waals surface area (Å²) in [4.78, 5) is 11.0. The number of esters is 1. The van der Waals surface area contributed by atoms with Crippen LogP contribution in [0.1, 0.15) is 24.5 Å². The number of benzene rings is 1. The molecule has 0 amide bonds. The first kappa shape index (κ1) is 11.6. The summed E-state index contributed by atoms with van der Waals surface area (Å²) >= 11 is 0. The van der Waals surface area contributed by atoms with Crippen LogP contribution in [0.25, 0.3) is 0 Å². The maximum atomic E-state index is 11.0. The van der Waals surface area contributed by atoms with E-state index in [4.69, 9.17) is 5.73 Å². The fourth-order valence-electron chi connectivity index (χ4n) is 1.47. The lowest BCUT2D eigenvalue weighted by molar-refractivity contribution is -0.140. The average Bonchev–Trinajstić information content (AvgIpc) is 2.27. The van der Waals surface area contributed by atoms with Gasteiger partial charge in [0.15, 0.2) is 0 Å². The first-order valence-corrected chi connectivity index (χ1v) is 5.11. The second-order valence-corrected chi connectivity index (χ2v) is 3.46. The van der Waals surface area contributed by atoms with Crippen molar-refractivity contribution in [2.45, 2.75) is 26.2 Å². The van der Waals surface area contributed by atoms with Crippen LogP contribution in [0.4, 0.5) is 5.69 Å². The molecule has 0 radical (unpaired) electrons. The normalized spacial score (nSPS) is 10.0. The minimum atomic E-state index is -0.176. The molecule has 0 heterocycles. The molecule has 0 spiro atoms. The number of carbonyl (C=O) groups excluding carboxylic acids is 1. The first-order chi connectivity index (χ1) is 7.17. The summed E-state index contributed by atoms with van der Waals surface area (Å²) in [7, 11) is 1.41. The molecule has 0 atom stereocenters. The smallest absolute Gasteiger partial charge is 0.305 e. The molecule has 0 aliphatic rings. The Morgan fingerprint density at radius 3 is 2.80 bits per heavy atom. The average molecular weight is 207 g/mol. The van der Waals surface area contributed by atoms with Crippen LogP contribution < -0.4 is 5.73 Å². The summed E-state index contributed by atoms with van der Waals surface area (Å²) in [5, 5.41) is 0. The number of anilines is 1. The van der Waals surface area contributed by atoms with Crippen LogP contribution in [0.5, 0.6) is 0 Å². The zero-order valence-electron chi connectivity index (χ0n) is 9.25. The monoisotopic (exact) mass is 207 g/mol. The maximum Gasteiger partial charge on any atom is 0.305 e. The van der Waals surface area contributed by atoms with Gasteiger partial charge in [-0.1, -0.05) is 19.1 Å². The summed E-state index contributed by atoms with van der Waals surface area (Å²) in [5.74, 6) is -0.176. The SMILES string of the molecule is CCc1cc(CCC(=O)OC)ccc1N. The van der Waals surface area contributed by atoms with Crippen molar-refractivity contribution in [2.24, 2.45) is 0 Å². The van der Waals surface area contributed by atoms with E-state index in [1.54, 1.807) is 0 Å². The molecule has 0 bridgehead atoms. The summed E-state index contributed by atoms with van der Waals surface area (Å²) in [5.41, 5.74) is 8.88. The molecule has 3 nitrogen and oxygen atoms in total. The molecular formula is C12H17NO2. The molecule has 0 fully saturated rings. The Morgan fingerprint density at radius 2 is 2.20 bits per heavy atom. The van der Waals surface area contributed by atoms with Gasteiger partial charge in [-0.05, 0) is 30.0 Å². The lowest BCUT2D eigenvalue weighted by atomic mass is 10.0. The van der Waals surface area contributed by atoms with Crippen LogP contribution in [0.2, 0.25) is 0 Å². The standard InChI is InChI=1S/C12H17NO2/c1-3-10-8-9(4-6-11(10)13)5-7-12(14)15-2/h4,6,8H,3,5,7,13H2,1-2H3. The van der Waals surface area contributed by atoms with Crippen molar-refractivity contribution < 1.29 is 9.53 Å². The van der Waals surface area contributed by atoms with Crippen molar-refractivity contribution in [3.63, 3.8) is 0 Å². The van der Waals surface area contributed by atoms with Gasteiger partial charge in [-0.2, -0.15) is 0 Å². The Morgan fingerprint density at radius 1 is 1.47 bits per heavy atom. The highest BCUT2D eigenvalue weighted by Crippen LogP contribution is 2.15. The van der Waals surface area contributed by atoms with Gasteiger partial charge in [0.05, 0.1) is 7.11 Å². The first-order valence-electron chi connectivity index (χ1n) is 5.11. The summed E-state index contributed by atoms with van der Waals surface area (Å²) in [6, 6.07) is 5.90. The number of hydrogen-bond donors (Lipinski definition) is 1. The van der Waals surface area contributed by atoms with E-state index in [1.807, 2.05) is 12.1 Å². The number of nitrogens with two attached hydrogens (primary N) is 1. The summed E-state index contributed by atoms with van der Waals surface area (Å²) < 4.78 is 4.59. The second-order valence-electron chi connectivity index (χ2n) is 3.46. The van der Waals surface area contributed by atoms with Crippen molar-refractivity contribution in [3.8, 4) is 0 Å². The largest absolute Gasteiger partial charge is 0.469 e. The highest BCUT2D eigenvalue weighted by Gasteiger charge is 2.03. The zero-order valence-corrected chi connectivity index (χ0v) is 9.25. The Balaban J connectivity index is 2.66. The van der Waals surface area contributed by atoms with Gasteiger partial charge in [-0.25, -0.2) is 0 Å². The van der Waals surface area contributed by atoms with E-state index in [-0.39, 0.29) is 5.97 Å². The number of hydrogen-bond acceptors (Lipinski definition) is 3. The molecule has 15 heavy (non-hydrogen) atoms. The predicted molar refractivity (Wildman–Crippen MR) is 60.6 cm³/mol. The van der Waals surface area contributed by atoms with Crippen LogP contribution in [0.3, 0.4) is 0 Å². The quantitative estimate of drug-likeness (QED) is 0.606. The fraction of sp³-hybridized carbons (Fsp3) is 0.417. The van der Waals surface area contributed by atoms with E-state index in [0.717, 1.165) is 23.2 Å². The Hall–Kier alpha value is -1.51. The molecule has 1 aromatic carbocycles. The number of carbonyl (C=O) groups is 1. The Kier molecular flexibility index (Phi) is 4.16. The maximum absolute atomic E-state index is 11.0. The van der Waals surface area contributed by atoms with Crippen LogP contribution in [-0.4, -0.2) is 13.1 Å². The van der Waals surface area contributed by atoms with E-state index in [9.17, 15) is 4.79 Å². The van der Waals surface area contributed by atoms with E-state index in [1.165, 1.54) is 7.11 Å². The van der Waals surface area contributed by atoms with Gasteiger partial charge in [-0.3, -0.25) is 4.79 Å². The lowest BCUT2D eigenvalue weighted by Crippen LogP contribution is -2.02. The molecule has 0 aliphatic carbocycles. The Labute approximate surface area is 90.2 Å². The fourth-order valence-corrected chi connectivity index (χ4v) is 1.47. The van der Waals surface area contributed by atoms with Gasteiger partial charge in [0.1, 0.15) is 0 Å². The third kappa shape index (κ3) is 3.27. The van der Waals surface area contributed by atoms with Gasteiger partial charge in [0, 0.05) is 12.1 Å². The topological polar surface area (TPSA) is 52.3 Å². The van der Waals surface area contributed by atoms with Crippen molar-refractivity contribution in [1.29, 1.82) is 0 Å². The third-order valence-electron chi connectivity index (χ3n) is 2.43. The van der Waals surface area contributed by atoms with Crippen LogP contribution in [-0.2, 0) is 22.4 Å². The van der Waals surface area contributed by atoms with E-state index in [2.05, 4.69) is 17.7 Å². The third-order valence-corrected chi connectivity index (χ3v) is 2.43. The molecule has 0 unspecified atom stereocenters. The van der Waals surface area contributed by atoms with Crippen LogP contribution in [0.15, 0.2) is 18.2 Å². The van der Waals surface area contributed by atoms with E-state index < -0.39 is 0 Å². The van der Waals surface area contributed by atoms with Crippen molar-refractivity contribution in [1.82, 2.24) is 0 Å². The molecule has 1 rings (SSSR count). The van der Waals surface area contributed by atoms with Crippen molar-refractivity contribution >= 4 is 11.7 Å². The molecule has 0 saturated heterocycles. The predicted octanol–water partition coefficient (Wildman–Crippen LogP) is 1.94. The highest BCUT2D eigenvalue weighted by molar-refractivity contribution is 5.69. The van der Waals surface area contributed by atoms with E-state index in [0.29, 0.717) is 12.8 Å². The van der Waals surface area contributed by atoms with Crippen molar-refractivity contribution in [3.05, 3.63) is 29.3 Å². The molecule has 3 heteroatoms. The molecular weight excluding hydrogens is 190 g/mol. The molecule has 0 aromatic heterocycles. The van der Waals surface area contributed by atoms with Crippen LogP contribution >= 0.6 is 0 Å². The van der Waals surface area contributed by atoms with Gasteiger partial charge >= 0.3 is 5.97 Å². The summed E-state index contributed by atoms with van der Waals surface area (Å²) in [6.07, 6.45) is 2.04. The Bertz CT molecular complexity index is 347. The number of aryl methyl sites for hydroxylation is 2.